The molecule has 20 heavy (non-hydrogen) atoms. The molecule has 5 heteroatoms. The van der Waals surface area contributed by atoms with Gasteiger partial charge in [-0.05, 0) is 37.3 Å². The average molecular weight is 297 g/mol. The third kappa shape index (κ3) is 5.61. The molecule has 0 spiro atoms. The number of benzene rings is 1. The second-order valence-corrected chi connectivity index (χ2v) is 7.19. The van der Waals surface area contributed by atoms with Crippen molar-refractivity contribution in [3.05, 3.63) is 35.9 Å². The van der Waals surface area contributed by atoms with E-state index in [0.717, 1.165) is 32.3 Å². The lowest BCUT2D eigenvalue weighted by atomic mass is 9.95. The molecule has 0 aliphatic carbocycles. The van der Waals surface area contributed by atoms with Crippen molar-refractivity contribution in [1.82, 2.24) is 4.90 Å². The molecule has 1 heterocycles. The van der Waals surface area contributed by atoms with Crippen molar-refractivity contribution in [3.8, 4) is 0 Å². The van der Waals surface area contributed by atoms with Gasteiger partial charge in [0.05, 0.1) is 12.9 Å². The van der Waals surface area contributed by atoms with Gasteiger partial charge in [0.2, 0.25) is 0 Å². The van der Waals surface area contributed by atoms with Crippen molar-refractivity contribution < 1.29 is 12.6 Å². The minimum atomic E-state index is -3.30. The predicted molar refractivity (Wildman–Crippen MR) is 79.9 cm³/mol. The summed E-state index contributed by atoms with van der Waals surface area (Å²) in [5.41, 5.74) is 1.33. The van der Waals surface area contributed by atoms with Crippen molar-refractivity contribution in [2.45, 2.75) is 25.8 Å². The van der Waals surface area contributed by atoms with Gasteiger partial charge in [-0.2, -0.15) is 8.42 Å². The summed E-state index contributed by atoms with van der Waals surface area (Å²) < 4.78 is 26.7. The molecule has 1 aromatic carbocycles. The topological polar surface area (TPSA) is 46.6 Å². The summed E-state index contributed by atoms with van der Waals surface area (Å²) in [5, 5.41) is 0. The maximum Gasteiger partial charge on any atom is 0.264 e. The van der Waals surface area contributed by atoms with Crippen LogP contribution >= 0.6 is 0 Å². The minimum Gasteiger partial charge on any atom is -0.299 e. The third-order valence-corrected chi connectivity index (χ3v) is 4.27. The molecule has 0 amide bonds. The summed E-state index contributed by atoms with van der Waals surface area (Å²) in [6, 6.07) is 10.5. The van der Waals surface area contributed by atoms with Crippen LogP contribution in [0.2, 0.25) is 0 Å². The van der Waals surface area contributed by atoms with E-state index in [0.29, 0.717) is 12.5 Å². The quantitative estimate of drug-likeness (QED) is 0.756. The maximum absolute atomic E-state index is 10.9. The molecule has 1 aliphatic rings. The summed E-state index contributed by atoms with van der Waals surface area (Å²) in [6.45, 7) is 3.44. The highest BCUT2D eigenvalue weighted by atomic mass is 32.2. The first-order valence-corrected chi connectivity index (χ1v) is 8.95. The van der Waals surface area contributed by atoms with E-state index in [2.05, 4.69) is 29.2 Å². The molecule has 0 aromatic heterocycles. The van der Waals surface area contributed by atoms with Gasteiger partial charge < -0.3 is 0 Å². The molecule has 112 valence electrons. The summed E-state index contributed by atoms with van der Waals surface area (Å²) in [6.07, 6.45) is 4.27. The lowest BCUT2D eigenvalue weighted by Gasteiger charge is -2.32. The third-order valence-electron chi connectivity index (χ3n) is 3.68. The Hall–Kier alpha value is -0.910. The van der Waals surface area contributed by atoms with Gasteiger partial charge in [0.15, 0.2) is 0 Å². The number of rotatable bonds is 6. The highest BCUT2D eigenvalue weighted by molar-refractivity contribution is 7.85. The predicted octanol–water partition coefficient (Wildman–Crippen LogP) is 2.26. The Morgan fingerprint density at radius 2 is 2.05 bits per heavy atom. The number of piperidine rings is 1. The Kier molecular flexibility index (Phi) is 5.57. The van der Waals surface area contributed by atoms with E-state index in [1.54, 1.807) is 0 Å². The van der Waals surface area contributed by atoms with Crippen LogP contribution in [0.25, 0.3) is 0 Å². The van der Waals surface area contributed by atoms with E-state index >= 15 is 0 Å². The van der Waals surface area contributed by atoms with E-state index in [1.165, 1.54) is 18.4 Å². The Balaban J connectivity index is 1.77. The van der Waals surface area contributed by atoms with Crippen LogP contribution in [0.4, 0.5) is 0 Å². The van der Waals surface area contributed by atoms with E-state index in [4.69, 9.17) is 4.18 Å². The molecule has 1 atom stereocenters. The lowest BCUT2D eigenvalue weighted by molar-refractivity contribution is 0.148. The summed E-state index contributed by atoms with van der Waals surface area (Å²) >= 11 is 0. The molecule has 1 saturated heterocycles. The summed E-state index contributed by atoms with van der Waals surface area (Å²) in [4.78, 5) is 2.45. The molecule has 2 rings (SSSR count). The zero-order chi connectivity index (χ0) is 14.4. The van der Waals surface area contributed by atoms with Crippen LogP contribution < -0.4 is 0 Å². The largest absolute Gasteiger partial charge is 0.299 e. The second kappa shape index (κ2) is 7.20. The number of likely N-dealkylation sites (tertiary alicyclic amines) is 1. The standard InChI is InChI=1S/C15H23NO3S/c1-20(17,18)19-11-9-15-8-5-10-16(13-15)12-14-6-3-2-4-7-14/h2-4,6-7,15H,5,8-13H2,1H3. The van der Waals surface area contributed by atoms with Crippen LogP contribution in [-0.4, -0.2) is 39.3 Å². The van der Waals surface area contributed by atoms with E-state index in [-0.39, 0.29) is 0 Å². The van der Waals surface area contributed by atoms with Gasteiger partial charge in [-0.15, -0.1) is 0 Å². The van der Waals surface area contributed by atoms with Gasteiger partial charge in [0.1, 0.15) is 0 Å². The Bertz CT molecular complexity index is 501. The Morgan fingerprint density at radius 1 is 1.30 bits per heavy atom. The molecule has 1 fully saturated rings. The first-order chi connectivity index (χ1) is 9.53. The van der Waals surface area contributed by atoms with E-state index in [1.807, 2.05) is 6.07 Å². The van der Waals surface area contributed by atoms with Crippen molar-refractivity contribution in [2.24, 2.45) is 5.92 Å². The number of nitrogens with zero attached hydrogens (tertiary/aromatic N) is 1. The normalized spacial score (nSPS) is 20.9. The zero-order valence-corrected chi connectivity index (χ0v) is 12.8. The van der Waals surface area contributed by atoms with Crippen LogP contribution in [-0.2, 0) is 20.8 Å². The van der Waals surface area contributed by atoms with Crippen LogP contribution in [0.5, 0.6) is 0 Å². The van der Waals surface area contributed by atoms with Gasteiger partial charge >= 0.3 is 0 Å². The van der Waals surface area contributed by atoms with Gasteiger partial charge in [-0.25, -0.2) is 0 Å². The number of hydrogen-bond acceptors (Lipinski definition) is 4. The number of hydrogen-bond donors (Lipinski definition) is 0. The van der Waals surface area contributed by atoms with Crippen molar-refractivity contribution in [2.75, 3.05) is 26.0 Å². The molecule has 1 aliphatic heterocycles. The van der Waals surface area contributed by atoms with Gasteiger partial charge in [0.25, 0.3) is 10.1 Å². The van der Waals surface area contributed by atoms with Crippen LogP contribution in [0.15, 0.2) is 30.3 Å². The van der Waals surface area contributed by atoms with Crippen molar-refractivity contribution >= 4 is 10.1 Å². The van der Waals surface area contributed by atoms with Crippen molar-refractivity contribution in [3.63, 3.8) is 0 Å². The van der Waals surface area contributed by atoms with Crippen LogP contribution in [0, 0.1) is 5.92 Å². The first-order valence-electron chi connectivity index (χ1n) is 7.13. The zero-order valence-electron chi connectivity index (χ0n) is 12.0. The van der Waals surface area contributed by atoms with Crippen LogP contribution in [0.3, 0.4) is 0 Å². The van der Waals surface area contributed by atoms with Gasteiger partial charge in [0, 0.05) is 13.1 Å². The molecule has 4 nitrogen and oxygen atoms in total. The molecular formula is C15H23NO3S. The second-order valence-electron chi connectivity index (χ2n) is 5.54. The average Bonchev–Trinajstić information content (AvgIpc) is 2.39. The van der Waals surface area contributed by atoms with Crippen molar-refractivity contribution in [1.29, 1.82) is 0 Å². The van der Waals surface area contributed by atoms with Crippen LogP contribution in [0.1, 0.15) is 24.8 Å². The minimum absolute atomic E-state index is 0.308. The Morgan fingerprint density at radius 3 is 2.75 bits per heavy atom. The fourth-order valence-electron chi connectivity index (χ4n) is 2.74. The molecule has 0 bridgehead atoms. The lowest BCUT2D eigenvalue weighted by Crippen LogP contribution is -2.35. The molecule has 0 N–H and O–H groups in total. The Labute approximate surface area is 121 Å². The SMILES string of the molecule is CS(=O)(=O)OCCC1CCCN(Cc2ccccc2)C1. The summed E-state index contributed by atoms with van der Waals surface area (Å²) in [7, 11) is -3.30. The molecular weight excluding hydrogens is 274 g/mol. The first kappa shape index (κ1) is 15.5. The molecule has 1 unspecified atom stereocenters. The highest BCUT2D eigenvalue weighted by Gasteiger charge is 2.20. The molecule has 0 saturated carbocycles. The fraction of sp³-hybridized carbons (Fsp3) is 0.600. The fourth-order valence-corrected chi connectivity index (χ4v) is 3.14. The monoisotopic (exact) mass is 297 g/mol. The van der Waals surface area contributed by atoms with E-state index in [9.17, 15) is 8.42 Å². The van der Waals surface area contributed by atoms with E-state index < -0.39 is 10.1 Å². The highest BCUT2D eigenvalue weighted by Crippen LogP contribution is 2.21. The molecule has 1 aromatic rings. The summed E-state index contributed by atoms with van der Waals surface area (Å²) in [5.74, 6) is 0.536. The smallest absolute Gasteiger partial charge is 0.264 e. The van der Waals surface area contributed by atoms with Gasteiger partial charge in [-0.1, -0.05) is 30.3 Å². The maximum atomic E-state index is 10.9. The molecule has 0 radical (unpaired) electrons. The van der Waals surface area contributed by atoms with Gasteiger partial charge in [-0.3, -0.25) is 9.08 Å².